The number of amides is 1. The van der Waals surface area contributed by atoms with Gasteiger partial charge in [0, 0.05) is 12.6 Å². The van der Waals surface area contributed by atoms with Gasteiger partial charge in [-0.2, -0.15) is 0 Å². The average molecular weight is 272 g/mol. The van der Waals surface area contributed by atoms with Crippen molar-refractivity contribution in [1.29, 1.82) is 0 Å². The van der Waals surface area contributed by atoms with Gasteiger partial charge in [-0.25, -0.2) is 0 Å². The summed E-state index contributed by atoms with van der Waals surface area (Å²) in [6.07, 6.45) is 6.70. The van der Waals surface area contributed by atoms with E-state index in [-0.39, 0.29) is 5.92 Å². The molecule has 1 fully saturated rings. The fourth-order valence-electron chi connectivity index (χ4n) is 3.63. The van der Waals surface area contributed by atoms with Crippen LogP contribution >= 0.6 is 0 Å². The highest BCUT2D eigenvalue weighted by Crippen LogP contribution is 2.37. The second-order valence-corrected chi connectivity index (χ2v) is 6.07. The minimum absolute atomic E-state index is 0.101. The van der Waals surface area contributed by atoms with Gasteiger partial charge in [-0.15, -0.1) is 0 Å². The highest BCUT2D eigenvalue weighted by Gasteiger charge is 2.37. The van der Waals surface area contributed by atoms with Crippen molar-refractivity contribution >= 4 is 5.91 Å². The van der Waals surface area contributed by atoms with Gasteiger partial charge in [0.2, 0.25) is 5.91 Å². The first-order valence-electron chi connectivity index (χ1n) is 7.89. The molecule has 2 aliphatic carbocycles. The summed E-state index contributed by atoms with van der Waals surface area (Å²) in [5.41, 5.74) is 8.22. The van der Waals surface area contributed by atoms with E-state index in [1.165, 1.54) is 36.8 Å². The van der Waals surface area contributed by atoms with Crippen LogP contribution in [0.5, 0.6) is 0 Å². The predicted molar refractivity (Wildman–Crippen MR) is 80.5 cm³/mol. The molecule has 20 heavy (non-hydrogen) atoms. The molecule has 0 heterocycles. The molecule has 2 N–H and O–H groups in total. The topological polar surface area (TPSA) is 46.3 Å². The highest BCUT2D eigenvalue weighted by molar-refractivity contribution is 5.87. The van der Waals surface area contributed by atoms with Crippen LogP contribution in [0.15, 0.2) is 24.3 Å². The number of nitrogens with zero attached hydrogens (tertiary/aromatic N) is 1. The van der Waals surface area contributed by atoms with E-state index < -0.39 is 0 Å². The second-order valence-electron chi connectivity index (χ2n) is 6.07. The number of nitrogens with two attached hydrogens (primary N) is 1. The summed E-state index contributed by atoms with van der Waals surface area (Å²) in [7, 11) is 0. The predicted octanol–water partition coefficient (Wildman–Crippen LogP) is 2.45. The highest BCUT2D eigenvalue weighted by atomic mass is 16.2. The summed E-state index contributed by atoms with van der Waals surface area (Å²) in [6.45, 7) is 1.50. The summed E-state index contributed by atoms with van der Waals surface area (Å²) in [6, 6.07) is 8.80. The lowest BCUT2D eigenvalue weighted by atomic mass is 9.76. The molecule has 0 aromatic heterocycles. The monoisotopic (exact) mass is 272 g/mol. The van der Waals surface area contributed by atoms with Crippen molar-refractivity contribution in [2.45, 2.75) is 50.5 Å². The molecule has 0 saturated heterocycles. The molecule has 1 atom stereocenters. The molecule has 3 heteroatoms. The van der Waals surface area contributed by atoms with Crippen LogP contribution in [0.25, 0.3) is 0 Å². The van der Waals surface area contributed by atoms with Crippen molar-refractivity contribution < 1.29 is 4.79 Å². The van der Waals surface area contributed by atoms with Crippen LogP contribution in [0.1, 0.15) is 49.1 Å². The molecular formula is C17H24N2O. The quantitative estimate of drug-likeness (QED) is 0.895. The van der Waals surface area contributed by atoms with E-state index in [0.29, 0.717) is 18.5 Å². The summed E-state index contributed by atoms with van der Waals surface area (Å²) in [4.78, 5) is 15.0. The van der Waals surface area contributed by atoms with Crippen LogP contribution in [0.2, 0.25) is 0 Å². The van der Waals surface area contributed by atoms with E-state index in [1.54, 1.807) is 0 Å². The molecule has 3 nitrogen and oxygen atoms in total. The van der Waals surface area contributed by atoms with Crippen molar-refractivity contribution in [3.8, 4) is 0 Å². The summed E-state index contributed by atoms with van der Waals surface area (Å²) >= 11 is 0. The normalized spacial score (nSPS) is 21.4. The summed E-state index contributed by atoms with van der Waals surface area (Å²) < 4.78 is 0. The lowest BCUT2D eigenvalue weighted by Crippen LogP contribution is -2.45. The van der Waals surface area contributed by atoms with Crippen LogP contribution in [-0.2, 0) is 11.2 Å². The maximum Gasteiger partial charge on any atom is 0.230 e. The van der Waals surface area contributed by atoms with E-state index in [0.717, 1.165) is 19.4 Å². The van der Waals surface area contributed by atoms with Gasteiger partial charge in [0.15, 0.2) is 0 Å². The summed E-state index contributed by atoms with van der Waals surface area (Å²) in [5.74, 6) is 0.439. The van der Waals surface area contributed by atoms with Crippen molar-refractivity contribution in [2.75, 3.05) is 13.1 Å². The van der Waals surface area contributed by atoms with Crippen molar-refractivity contribution in [3.63, 3.8) is 0 Å². The third-order valence-corrected chi connectivity index (χ3v) is 4.80. The number of benzene rings is 1. The van der Waals surface area contributed by atoms with Gasteiger partial charge in [0.05, 0.1) is 5.92 Å². The third-order valence-electron chi connectivity index (χ3n) is 4.80. The molecule has 1 aromatic rings. The van der Waals surface area contributed by atoms with E-state index in [9.17, 15) is 4.79 Å². The SMILES string of the molecule is NCCCN(C(=O)C1Cc2ccccc21)C1CCCC1. The Morgan fingerprint density at radius 2 is 2.00 bits per heavy atom. The van der Waals surface area contributed by atoms with Crippen LogP contribution in [0.4, 0.5) is 0 Å². The van der Waals surface area contributed by atoms with E-state index >= 15 is 0 Å². The Hall–Kier alpha value is -1.35. The van der Waals surface area contributed by atoms with Crippen molar-refractivity contribution in [1.82, 2.24) is 4.90 Å². The van der Waals surface area contributed by atoms with Gasteiger partial charge in [0.1, 0.15) is 0 Å². The lowest BCUT2D eigenvalue weighted by molar-refractivity contribution is -0.135. The first kappa shape index (κ1) is 13.6. The number of hydrogen-bond donors (Lipinski definition) is 1. The van der Waals surface area contributed by atoms with E-state index in [4.69, 9.17) is 5.73 Å². The van der Waals surface area contributed by atoms with Crippen molar-refractivity contribution in [3.05, 3.63) is 35.4 Å². The Bertz CT molecular complexity index is 480. The molecule has 1 saturated carbocycles. The zero-order valence-electron chi connectivity index (χ0n) is 12.1. The summed E-state index contributed by atoms with van der Waals surface area (Å²) in [5, 5.41) is 0. The minimum atomic E-state index is 0.101. The molecule has 2 aliphatic rings. The Morgan fingerprint density at radius 1 is 1.25 bits per heavy atom. The molecule has 1 aromatic carbocycles. The number of hydrogen-bond acceptors (Lipinski definition) is 2. The first-order valence-corrected chi connectivity index (χ1v) is 7.89. The maximum absolute atomic E-state index is 12.9. The van der Waals surface area contributed by atoms with Crippen LogP contribution in [-0.4, -0.2) is 29.9 Å². The van der Waals surface area contributed by atoms with Crippen LogP contribution in [0.3, 0.4) is 0 Å². The van der Waals surface area contributed by atoms with Crippen molar-refractivity contribution in [2.24, 2.45) is 5.73 Å². The first-order chi connectivity index (χ1) is 9.81. The van der Waals surface area contributed by atoms with Gasteiger partial charge < -0.3 is 10.6 Å². The zero-order valence-corrected chi connectivity index (χ0v) is 12.1. The number of rotatable bonds is 5. The molecule has 108 valence electrons. The standard InChI is InChI=1S/C17H24N2O/c18-10-5-11-19(14-7-2-3-8-14)17(20)16-12-13-6-1-4-9-15(13)16/h1,4,6,9,14,16H,2-3,5,7-8,10-12,18H2. The van der Waals surface area contributed by atoms with E-state index in [1.807, 2.05) is 6.07 Å². The molecular weight excluding hydrogens is 248 g/mol. The fourth-order valence-corrected chi connectivity index (χ4v) is 3.63. The maximum atomic E-state index is 12.9. The number of fused-ring (bicyclic) bond motifs is 1. The fraction of sp³-hybridized carbons (Fsp3) is 0.588. The Kier molecular flexibility index (Phi) is 4.06. The second kappa shape index (κ2) is 5.96. The number of carbonyl (C=O) groups excluding carboxylic acids is 1. The smallest absolute Gasteiger partial charge is 0.230 e. The third kappa shape index (κ3) is 2.47. The van der Waals surface area contributed by atoms with Gasteiger partial charge in [-0.1, -0.05) is 37.1 Å². The molecule has 0 spiro atoms. The molecule has 0 bridgehead atoms. The van der Waals surface area contributed by atoms with Crippen LogP contribution < -0.4 is 5.73 Å². The lowest BCUT2D eigenvalue weighted by Gasteiger charge is -2.37. The zero-order chi connectivity index (χ0) is 13.9. The molecule has 3 rings (SSSR count). The van der Waals surface area contributed by atoms with Gasteiger partial charge >= 0.3 is 0 Å². The molecule has 0 aliphatic heterocycles. The Balaban J connectivity index is 1.72. The van der Waals surface area contributed by atoms with Crippen LogP contribution in [0, 0.1) is 0 Å². The van der Waals surface area contributed by atoms with Gasteiger partial charge in [0.25, 0.3) is 0 Å². The molecule has 1 unspecified atom stereocenters. The average Bonchev–Trinajstić information content (AvgIpc) is 2.94. The number of carbonyl (C=O) groups is 1. The van der Waals surface area contributed by atoms with E-state index in [2.05, 4.69) is 23.1 Å². The molecule has 0 radical (unpaired) electrons. The van der Waals surface area contributed by atoms with Gasteiger partial charge in [-0.05, 0) is 43.4 Å². The molecule has 1 amide bonds. The minimum Gasteiger partial charge on any atom is -0.339 e. The largest absolute Gasteiger partial charge is 0.339 e. The Morgan fingerprint density at radius 3 is 2.70 bits per heavy atom. The van der Waals surface area contributed by atoms with Gasteiger partial charge in [-0.3, -0.25) is 4.79 Å². The Labute approximate surface area is 121 Å².